The van der Waals surface area contributed by atoms with E-state index < -0.39 is 0 Å². The van der Waals surface area contributed by atoms with E-state index in [0.29, 0.717) is 6.54 Å². The molecule has 0 atom stereocenters. The third kappa shape index (κ3) is 4.14. The summed E-state index contributed by atoms with van der Waals surface area (Å²) in [4.78, 5) is 14.8. The lowest BCUT2D eigenvalue weighted by Gasteiger charge is -2.28. The Kier molecular flexibility index (Phi) is 5.54. The van der Waals surface area contributed by atoms with Crippen LogP contribution in [0.4, 0.5) is 0 Å². The number of rotatable bonds is 5. The van der Waals surface area contributed by atoms with Crippen molar-refractivity contribution in [3.63, 3.8) is 0 Å². The lowest BCUT2D eigenvalue weighted by atomic mass is 9.99. The molecule has 150 valence electrons. The fourth-order valence-electron chi connectivity index (χ4n) is 4.79. The molecular formula is C23H32N4O. The molecule has 1 N–H and O–H groups in total. The van der Waals surface area contributed by atoms with E-state index in [1.165, 1.54) is 40.8 Å². The van der Waals surface area contributed by atoms with Crippen LogP contribution in [0.2, 0.25) is 0 Å². The largest absolute Gasteiger partial charge is 0.350 e. The summed E-state index contributed by atoms with van der Waals surface area (Å²) in [7, 11) is 0. The number of aromatic nitrogens is 2. The molecule has 1 aliphatic heterocycles. The summed E-state index contributed by atoms with van der Waals surface area (Å²) in [6, 6.07) is 6.72. The Labute approximate surface area is 168 Å². The van der Waals surface area contributed by atoms with E-state index in [2.05, 4.69) is 53.9 Å². The van der Waals surface area contributed by atoms with Crippen molar-refractivity contribution in [2.75, 3.05) is 6.54 Å². The molecule has 1 aliphatic carbocycles. The summed E-state index contributed by atoms with van der Waals surface area (Å²) >= 11 is 0. The zero-order valence-corrected chi connectivity index (χ0v) is 17.4. The molecule has 1 amide bonds. The van der Waals surface area contributed by atoms with Gasteiger partial charge in [-0.1, -0.05) is 30.5 Å². The molecule has 2 aliphatic rings. The minimum absolute atomic E-state index is 0.204. The first-order valence-electron chi connectivity index (χ1n) is 10.6. The molecule has 5 heteroatoms. The Hall–Kier alpha value is -2.14. The van der Waals surface area contributed by atoms with Crippen molar-refractivity contribution in [3.8, 4) is 0 Å². The average Bonchev–Trinajstić information content (AvgIpc) is 3.31. The summed E-state index contributed by atoms with van der Waals surface area (Å²) in [5, 5.41) is 7.81. The van der Waals surface area contributed by atoms with Crippen LogP contribution in [-0.2, 0) is 31.0 Å². The Bertz CT molecular complexity index is 840. The Morgan fingerprint density at radius 1 is 1.11 bits per heavy atom. The van der Waals surface area contributed by atoms with Gasteiger partial charge in [0.15, 0.2) is 0 Å². The summed E-state index contributed by atoms with van der Waals surface area (Å²) in [6.45, 7) is 11.0. The second-order valence-corrected chi connectivity index (χ2v) is 8.64. The van der Waals surface area contributed by atoms with Crippen molar-refractivity contribution in [2.45, 2.75) is 72.6 Å². The number of aryl methyl sites for hydroxylation is 3. The van der Waals surface area contributed by atoms with E-state index in [4.69, 9.17) is 5.10 Å². The van der Waals surface area contributed by atoms with Gasteiger partial charge in [0, 0.05) is 25.6 Å². The number of hydrogen-bond acceptors (Lipinski definition) is 3. The van der Waals surface area contributed by atoms with Crippen molar-refractivity contribution >= 4 is 5.91 Å². The van der Waals surface area contributed by atoms with Crippen LogP contribution in [0.5, 0.6) is 0 Å². The molecule has 1 saturated carbocycles. The fraction of sp³-hybridized carbons (Fsp3) is 0.565. The minimum Gasteiger partial charge on any atom is -0.350 e. The second kappa shape index (κ2) is 8.08. The van der Waals surface area contributed by atoms with E-state index >= 15 is 0 Å². The van der Waals surface area contributed by atoms with Gasteiger partial charge in [0.05, 0.1) is 24.5 Å². The van der Waals surface area contributed by atoms with Gasteiger partial charge in [-0.15, -0.1) is 0 Å². The number of benzene rings is 1. The van der Waals surface area contributed by atoms with Crippen LogP contribution in [-0.4, -0.2) is 27.1 Å². The van der Waals surface area contributed by atoms with Crippen molar-refractivity contribution in [1.82, 2.24) is 20.0 Å². The highest BCUT2D eigenvalue weighted by Crippen LogP contribution is 2.25. The normalized spacial score (nSPS) is 17.7. The number of fused-ring (bicyclic) bond motifs is 1. The lowest BCUT2D eigenvalue weighted by Crippen LogP contribution is -2.33. The van der Waals surface area contributed by atoms with E-state index in [1.807, 2.05) is 0 Å². The van der Waals surface area contributed by atoms with Crippen LogP contribution < -0.4 is 5.32 Å². The van der Waals surface area contributed by atoms with Gasteiger partial charge >= 0.3 is 0 Å². The van der Waals surface area contributed by atoms with Gasteiger partial charge in [0.25, 0.3) is 0 Å². The first-order chi connectivity index (χ1) is 13.5. The van der Waals surface area contributed by atoms with Gasteiger partial charge in [-0.2, -0.15) is 5.10 Å². The molecule has 2 heterocycles. The highest BCUT2D eigenvalue weighted by molar-refractivity contribution is 5.78. The van der Waals surface area contributed by atoms with Gasteiger partial charge in [-0.3, -0.25) is 14.4 Å². The van der Waals surface area contributed by atoms with Crippen LogP contribution in [0.25, 0.3) is 0 Å². The average molecular weight is 381 g/mol. The Balaban J connectivity index is 1.37. The highest BCUT2D eigenvalue weighted by atomic mass is 16.1. The van der Waals surface area contributed by atoms with Crippen LogP contribution in [0, 0.1) is 26.7 Å². The first kappa shape index (κ1) is 19.2. The van der Waals surface area contributed by atoms with E-state index in [1.54, 1.807) is 0 Å². The molecule has 0 bridgehead atoms. The lowest BCUT2D eigenvalue weighted by molar-refractivity contribution is -0.124. The summed E-state index contributed by atoms with van der Waals surface area (Å²) in [6.07, 6.45) is 4.45. The van der Waals surface area contributed by atoms with Gasteiger partial charge in [0.1, 0.15) is 0 Å². The zero-order chi connectivity index (χ0) is 19.7. The molecule has 0 unspecified atom stereocenters. The van der Waals surface area contributed by atoms with Crippen LogP contribution in [0.15, 0.2) is 18.2 Å². The number of nitrogens with one attached hydrogen (secondary N) is 1. The monoisotopic (exact) mass is 380 g/mol. The zero-order valence-electron chi connectivity index (χ0n) is 17.4. The summed E-state index contributed by atoms with van der Waals surface area (Å²) in [5.74, 6) is 0.420. The maximum absolute atomic E-state index is 12.3. The fourth-order valence-corrected chi connectivity index (χ4v) is 4.79. The predicted octanol–water partition coefficient (Wildman–Crippen LogP) is 3.63. The highest BCUT2D eigenvalue weighted by Gasteiger charge is 2.23. The molecule has 1 aromatic carbocycles. The van der Waals surface area contributed by atoms with E-state index in [9.17, 15) is 4.79 Å². The second-order valence-electron chi connectivity index (χ2n) is 8.64. The number of hydrogen-bond donors (Lipinski definition) is 1. The van der Waals surface area contributed by atoms with Gasteiger partial charge < -0.3 is 5.32 Å². The Morgan fingerprint density at radius 2 is 1.82 bits per heavy atom. The van der Waals surface area contributed by atoms with Crippen molar-refractivity contribution < 1.29 is 4.79 Å². The maximum atomic E-state index is 12.3. The SMILES string of the molecule is Cc1cc(C)c(CN2CCn3nc(CNC(=O)C4CCCC4)cc3C2)c(C)c1. The summed E-state index contributed by atoms with van der Waals surface area (Å²) in [5.41, 5.74) is 7.77. The number of carbonyl (C=O) groups excluding carboxylic acids is 1. The van der Waals surface area contributed by atoms with E-state index in [0.717, 1.165) is 44.7 Å². The molecule has 0 radical (unpaired) electrons. The van der Waals surface area contributed by atoms with Crippen LogP contribution >= 0.6 is 0 Å². The molecule has 1 fully saturated rings. The smallest absolute Gasteiger partial charge is 0.223 e. The van der Waals surface area contributed by atoms with Gasteiger partial charge in [-0.05, 0) is 56.4 Å². The van der Waals surface area contributed by atoms with Gasteiger partial charge in [0.2, 0.25) is 5.91 Å². The number of carbonyl (C=O) groups is 1. The first-order valence-corrected chi connectivity index (χ1v) is 10.6. The number of nitrogens with zero attached hydrogens (tertiary/aromatic N) is 3. The minimum atomic E-state index is 0.204. The molecule has 28 heavy (non-hydrogen) atoms. The van der Waals surface area contributed by atoms with Crippen molar-refractivity contribution in [3.05, 3.63) is 51.8 Å². The van der Waals surface area contributed by atoms with Gasteiger partial charge in [-0.25, -0.2) is 0 Å². The standard InChI is InChI=1S/C23H32N4O/c1-16-10-17(2)22(18(3)11-16)15-26-8-9-27-21(14-26)12-20(25-27)13-24-23(28)19-6-4-5-7-19/h10-12,19H,4-9,13-15H2,1-3H3,(H,24,28). The predicted molar refractivity (Wildman–Crippen MR) is 111 cm³/mol. The molecule has 0 saturated heterocycles. The van der Waals surface area contributed by atoms with E-state index in [-0.39, 0.29) is 11.8 Å². The molecular weight excluding hydrogens is 348 g/mol. The third-order valence-corrected chi connectivity index (χ3v) is 6.32. The quantitative estimate of drug-likeness (QED) is 0.862. The molecule has 2 aromatic rings. The molecule has 1 aromatic heterocycles. The molecule has 0 spiro atoms. The molecule has 4 rings (SSSR count). The Morgan fingerprint density at radius 3 is 2.54 bits per heavy atom. The van der Waals surface area contributed by atoms with Crippen LogP contribution in [0.3, 0.4) is 0 Å². The molecule has 5 nitrogen and oxygen atoms in total. The maximum Gasteiger partial charge on any atom is 0.223 e. The van der Waals surface area contributed by atoms with Crippen molar-refractivity contribution in [1.29, 1.82) is 0 Å². The topological polar surface area (TPSA) is 50.2 Å². The summed E-state index contributed by atoms with van der Waals surface area (Å²) < 4.78 is 2.11. The number of amides is 1. The van der Waals surface area contributed by atoms with Crippen LogP contribution in [0.1, 0.15) is 59.3 Å². The third-order valence-electron chi connectivity index (χ3n) is 6.32. The van der Waals surface area contributed by atoms with Crippen molar-refractivity contribution in [2.24, 2.45) is 5.92 Å².